The second-order valence-corrected chi connectivity index (χ2v) is 9.46. The van der Waals surface area contributed by atoms with E-state index in [9.17, 15) is 10.1 Å². The molecule has 0 spiro atoms. The molecule has 0 aliphatic carbocycles. The van der Waals surface area contributed by atoms with Gasteiger partial charge in [0.25, 0.3) is 0 Å². The molecule has 0 amide bonds. The van der Waals surface area contributed by atoms with E-state index in [1.807, 2.05) is 38.3 Å². The standard InChI is InChI=1S/C20H23N3O2S2/c1-20(2,3)25-17(24)12-27-19-13(10-21)18(16-6-5-9-26-16)14-11-23(4)8-7-15(14)22-19/h5-6,9H,7-8,11-12H2,1-4H3. The zero-order chi connectivity index (χ0) is 19.6. The number of esters is 1. The SMILES string of the molecule is CN1CCc2nc(SCC(=O)OC(C)(C)C)c(C#N)c(-c3cccs3)c2C1. The van der Waals surface area contributed by atoms with Crippen LogP contribution in [0, 0.1) is 11.3 Å². The van der Waals surface area contributed by atoms with E-state index in [0.29, 0.717) is 10.6 Å². The Kier molecular flexibility index (Phi) is 5.89. The first-order valence-corrected chi connectivity index (χ1v) is 10.7. The van der Waals surface area contributed by atoms with E-state index in [2.05, 4.69) is 18.0 Å². The largest absolute Gasteiger partial charge is 0.459 e. The van der Waals surface area contributed by atoms with Crippen molar-refractivity contribution in [2.75, 3.05) is 19.3 Å². The molecule has 142 valence electrons. The number of ether oxygens (including phenoxy) is 1. The minimum absolute atomic E-state index is 0.140. The van der Waals surface area contributed by atoms with Crippen molar-refractivity contribution in [2.45, 2.75) is 44.4 Å². The Balaban J connectivity index is 1.99. The van der Waals surface area contributed by atoms with Crippen LogP contribution >= 0.6 is 23.1 Å². The Morgan fingerprint density at radius 2 is 2.26 bits per heavy atom. The minimum atomic E-state index is -0.522. The summed E-state index contributed by atoms with van der Waals surface area (Å²) in [4.78, 5) is 20.2. The summed E-state index contributed by atoms with van der Waals surface area (Å²) in [5.41, 5.74) is 3.16. The van der Waals surface area contributed by atoms with Gasteiger partial charge < -0.3 is 9.64 Å². The van der Waals surface area contributed by atoms with Gasteiger partial charge in [0.2, 0.25) is 0 Å². The van der Waals surface area contributed by atoms with Crippen LogP contribution in [0.25, 0.3) is 10.4 Å². The van der Waals surface area contributed by atoms with Gasteiger partial charge in [-0.15, -0.1) is 11.3 Å². The maximum Gasteiger partial charge on any atom is 0.316 e. The van der Waals surface area contributed by atoms with Crippen LogP contribution in [0.1, 0.15) is 37.6 Å². The van der Waals surface area contributed by atoms with E-state index in [1.54, 1.807) is 11.3 Å². The zero-order valence-electron chi connectivity index (χ0n) is 16.0. The van der Waals surface area contributed by atoms with Crippen LogP contribution in [0.15, 0.2) is 22.5 Å². The van der Waals surface area contributed by atoms with Crippen molar-refractivity contribution in [1.82, 2.24) is 9.88 Å². The summed E-state index contributed by atoms with van der Waals surface area (Å²) in [6, 6.07) is 6.38. The Morgan fingerprint density at radius 3 is 2.89 bits per heavy atom. The summed E-state index contributed by atoms with van der Waals surface area (Å²) in [7, 11) is 2.08. The van der Waals surface area contributed by atoms with Gasteiger partial charge in [-0.05, 0) is 44.8 Å². The summed E-state index contributed by atoms with van der Waals surface area (Å²) >= 11 is 2.91. The Bertz CT molecular complexity index is 880. The lowest BCUT2D eigenvalue weighted by Gasteiger charge is -2.27. The fourth-order valence-electron chi connectivity index (χ4n) is 3.07. The highest BCUT2D eigenvalue weighted by atomic mass is 32.2. The monoisotopic (exact) mass is 401 g/mol. The van der Waals surface area contributed by atoms with Gasteiger partial charge in [-0.2, -0.15) is 5.26 Å². The van der Waals surface area contributed by atoms with E-state index in [-0.39, 0.29) is 11.7 Å². The van der Waals surface area contributed by atoms with Crippen LogP contribution in [0.2, 0.25) is 0 Å². The van der Waals surface area contributed by atoms with Gasteiger partial charge in [0.05, 0.1) is 11.3 Å². The van der Waals surface area contributed by atoms with Crippen molar-refractivity contribution in [1.29, 1.82) is 5.26 Å². The van der Waals surface area contributed by atoms with E-state index < -0.39 is 5.60 Å². The highest BCUT2D eigenvalue weighted by Crippen LogP contribution is 2.38. The average Bonchev–Trinajstić information content (AvgIpc) is 3.11. The minimum Gasteiger partial charge on any atom is -0.459 e. The van der Waals surface area contributed by atoms with Gasteiger partial charge in [0.1, 0.15) is 16.7 Å². The third-order valence-electron chi connectivity index (χ3n) is 4.13. The van der Waals surface area contributed by atoms with Crippen molar-refractivity contribution in [3.63, 3.8) is 0 Å². The number of pyridine rings is 1. The lowest BCUT2D eigenvalue weighted by Crippen LogP contribution is -2.28. The van der Waals surface area contributed by atoms with E-state index >= 15 is 0 Å². The summed E-state index contributed by atoms with van der Waals surface area (Å²) in [6.45, 7) is 7.25. The topological polar surface area (TPSA) is 66.2 Å². The number of fused-ring (bicyclic) bond motifs is 1. The molecule has 0 radical (unpaired) electrons. The van der Waals surface area contributed by atoms with Crippen LogP contribution in [0.3, 0.4) is 0 Å². The molecule has 27 heavy (non-hydrogen) atoms. The number of nitriles is 1. The lowest BCUT2D eigenvalue weighted by atomic mass is 9.96. The molecular weight excluding hydrogens is 378 g/mol. The second-order valence-electron chi connectivity index (χ2n) is 7.54. The first kappa shape index (κ1) is 19.9. The third kappa shape index (κ3) is 4.70. The molecule has 0 unspecified atom stereocenters. The fourth-order valence-corrected chi connectivity index (χ4v) is 4.65. The smallest absolute Gasteiger partial charge is 0.316 e. The van der Waals surface area contributed by atoms with Crippen LogP contribution in [-0.4, -0.2) is 40.8 Å². The average molecular weight is 402 g/mol. The van der Waals surface area contributed by atoms with Gasteiger partial charge in [0.15, 0.2) is 0 Å². The third-order valence-corrected chi connectivity index (χ3v) is 5.97. The highest BCUT2D eigenvalue weighted by Gasteiger charge is 2.26. The summed E-state index contributed by atoms with van der Waals surface area (Å²) < 4.78 is 5.39. The fraction of sp³-hybridized carbons (Fsp3) is 0.450. The number of nitrogens with zero attached hydrogens (tertiary/aromatic N) is 3. The molecule has 0 bridgehead atoms. The molecule has 5 nitrogen and oxygen atoms in total. The first-order valence-electron chi connectivity index (χ1n) is 8.81. The molecule has 1 aliphatic rings. The molecule has 0 atom stereocenters. The Hall–Kier alpha value is -1.88. The van der Waals surface area contributed by atoms with Crippen LogP contribution in [0.4, 0.5) is 0 Å². The molecule has 0 saturated heterocycles. The lowest BCUT2D eigenvalue weighted by molar-refractivity contribution is -0.151. The van der Waals surface area contributed by atoms with Gasteiger partial charge >= 0.3 is 5.97 Å². The normalized spacial score (nSPS) is 14.5. The summed E-state index contributed by atoms with van der Waals surface area (Å²) in [6.07, 6.45) is 0.843. The molecule has 3 rings (SSSR count). The molecule has 0 saturated carbocycles. The number of rotatable bonds is 4. The van der Waals surface area contributed by atoms with Gasteiger partial charge in [-0.3, -0.25) is 4.79 Å². The molecule has 0 fully saturated rings. The number of hydrogen-bond donors (Lipinski definition) is 0. The summed E-state index contributed by atoms with van der Waals surface area (Å²) in [5, 5.41) is 12.5. The first-order chi connectivity index (χ1) is 12.8. The maximum atomic E-state index is 12.1. The van der Waals surface area contributed by atoms with Crippen LogP contribution in [0.5, 0.6) is 0 Å². The number of aromatic nitrogens is 1. The van der Waals surface area contributed by atoms with Crippen molar-refractivity contribution >= 4 is 29.1 Å². The molecule has 0 N–H and O–H groups in total. The molecule has 3 heterocycles. The molecule has 2 aromatic rings. The van der Waals surface area contributed by atoms with Gasteiger partial charge in [-0.25, -0.2) is 4.98 Å². The van der Waals surface area contributed by atoms with Gasteiger partial charge in [-0.1, -0.05) is 17.8 Å². The molecular formula is C20H23N3O2S2. The number of thioether (sulfide) groups is 1. The maximum absolute atomic E-state index is 12.1. The van der Waals surface area contributed by atoms with Crippen LogP contribution in [-0.2, 0) is 22.5 Å². The van der Waals surface area contributed by atoms with Crippen molar-refractivity contribution in [3.05, 3.63) is 34.3 Å². The highest BCUT2D eigenvalue weighted by molar-refractivity contribution is 7.99. The van der Waals surface area contributed by atoms with Crippen LogP contribution < -0.4 is 0 Å². The number of carbonyl (C=O) groups is 1. The number of likely N-dealkylation sites (N-methyl/N-ethyl adjacent to an activating group) is 1. The number of carbonyl (C=O) groups excluding carboxylic acids is 1. The molecule has 7 heteroatoms. The summed E-state index contributed by atoms with van der Waals surface area (Å²) in [5.74, 6) is -0.157. The molecule has 1 aliphatic heterocycles. The zero-order valence-corrected chi connectivity index (χ0v) is 17.7. The predicted octanol–water partition coefficient (Wildman–Crippen LogP) is 4.10. The van der Waals surface area contributed by atoms with E-state index in [1.165, 1.54) is 11.8 Å². The van der Waals surface area contributed by atoms with Gasteiger partial charge in [0, 0.05) is 35.6 Å². The van der Waals surface area contributed by atoms with E-state index in [0.717, 1.165) is 41.2 Å². The van der Waals surface area contributed by atoms with Crippen molar-refractivity contribution in [2.24, 2.45) is 0 Å². The quantitative estimate of drug-likeness (QED) is 0.567. The Morgan fingerprint density at radius 1 is 1.48 bits per heavy atom. The Labute approximate surface area is 168 Å². The van der Waals surface area contributed by atoms with Crippen molar-refractivity contribution in [3.8, 4) is 16.5 Å². The molecule has 0 aromatic carbocycles. The number of hydrogen-bond acceptors (Lipinski definition) is 7. The number of thiophene rings is 1. The van der Waals surface area contributed by atoms with Crippen molar-refractivity contribution < 1.29 is 9.53 Å². The molecule has 2 aromatic heterocycles. The second kappa shape index (κ2) is 8.01. The predicted molar refractivity (Wildman–Crippen MR) is 109 cm³/mol. The van der Waals surface area contributed by atoms with E-state index in [4.69, 9.17) is 9.72 Å².